The monoisotopic (exact) mass is 310 g/mol. The van der Waals surface area contributed by atoms with Gasteiger partial charge in [-0.3, -0.25) is 0 Å². The van der Waals surface area contributed by atoms with Gasteiger partial charge in [0.05, 0.1) is 4.90 Å². The Balaban J connectivity index is 2.40. The highest BCUT2D eigenvalue weighted by Gasteiger charge is 2.33. The largest absolute Gasteiger partial charge is 0.398 e. The highest BCUT2D eigenvalue weighted by Crippen LogP contribution is 2.32. The number of nitrogens with zero attached hydrogens (tertiary/aromatic N) is 1. The van der Waals surface area contributed by atoms with Gasteiger partial charge < -0.3 is 5.73 Å². The van der Waals surface area contributed by atoms with Crippen LogP contribution in [0.3, 0.4) is 0 Å². The highest BCUT2D eigenvalue weighted by atomic mass is 32.2. The Labute approximate surface area is 128 Å². The topological polar surface area (TPSA) is 63.4 Å². The molecule has 0 aliphatic heterocycles. The lowest BCUT2D eigenvalue weighted by Crippen LogP contribution is -2.40. The molecule has 0 amide bonds. The Kier molecular flexibility index (Phi) is 4.63. The SMILES string of the molecule is Cc1ccc(N)c(C)c1S(=O)(=O)N(C)C1CCCC(C)C1. The van der Waals surface area contributed by atoms with E-state index in [0.717, 1.165) is 24.8 Å². The van der Waals surface area contributed by atoms with Gasteiger partial charge in [-0.2, -0.15) is 4.31 Å². The van der Waals surface area contributed by atoms with Crippen molar-refractivity contribution in [2.24, 2.45) is 5.92 Å². The number of benzene rings is 1. The van der Waals surface area contributed by atoms with E-state index in [2.05, 4.69) is 6.92 Å². The second-order valence-corrected chi connectivity index (χ2v) is 8.31. The van der Waals surface area contributed by atoms with Crippen molar-refractivity contribution >= 4 is 15.7 Å². The van der Waals surface area contributed by atoms with Crippen molar-refractivity contribution in [1.82, 2.24) is 4.31 Å². The van der Waals surface area contributed by atoms with Gasteiger partial charge >= 0.3 is 0 Å². The Morgan fingerprint density at radius 1 is 1.24 bits per heavy atom. The number of nitrogen functional groups attached to an aromatic ring is 1. The second-order valence-electron chi connectivity index (χ2n) is 6.37. The quantitative estimate of drug-likeness (QED) is 0.873. The van der Waals surface area contributed by atoms with Gasteiger partial charge in [-0.25, -0.2) is 8.42 Å². The van der Waals surface area contributed by atoms with Crippen molar-refractivity contribution in [3.63, 3.8) is 0 Å². The molecule has 2 atom stereocenters. The van der Waals surface area contributed by atoms with Crippen LogP contribution >= 0.6 is 0 Å². The van der Waals surface area contributed by atoms with Gasteiger partial charge in [0.2, 0.25) is 10.0 Å². The molecule has 1 fully saturated rings. The van der Waals surface area contributed by atoms with Gasteiger partial charge in [0.25, 0.3) is 0 Å². The van der Waals surface area contributed by atoms with Gasteiger partial charge in [-0.15, -0.1) is 0 Å². The lowest BCUT2D eigenvalue weighted by Gasteiger charge is -2.34. The fourth-order valence-corrected chi connectivity index (χ4v) is 5.16. The number of hydrogen-bond donors (Lipinski definition) is 1. The maximum atomic E-state index is 13.0. The fourth-order valence-electron chi connectivity index (χ4n) is 3.31. The van der Waals surface area contributed by atoms with Crippen LogP contribution in [-0.2, 0) is 10.0 Å². The predicted molar refractivity (Wildman–Crippen MR) is 86.7 cm³/mol. The molecule has 5 heteroatoms. The standard InChI is InChI=1S/C16H26N2O2S/c1-11-6-5-7-14(10-11)18(4)21(19,20)16-12(2)8-9-15(17)13(16)3/h8-9,11,14H,5-7,10,17H2,1-4H3. The van der Waals surface area contributed by atoms with Gasteiger partial charge in [-0.1, -0.05) is 25.8 Å². The molecule has 0 spiro atoms. The van der Waals surface area contributed by atoms with Crippen LogP contribution in [0, 0.1) is 19.8 Å². The molecule has 0 aromatic heterocycles. The first-order valence-electron chi connectivity index (χ1n) is 7.59. The van der Waals surface area contributed by atoms with Crippen LogP contribution in [0.1, 0.15) is 43.7 Å². The van der Waals surface area contributed by atoms with Crippen molar-refractivity contribution in [3.05, 3.63) is 23.3 Å². The molecule has 2 rings (SSSR count). The normalized spacial score (nSPS) is 23.5. The molecule has 0 bridgehead atoms. The first-order valence-corrected chi connectivity index (χ1v) is 9.03. The third kappa shape index (κ3) is 3.09. The number of hydrogen-bond acceptors (Lipinski definition) is 3. The maximum Gasteiger partial charge on any atom is 0.243 e. The molecule has 1 aliphatic carbocycles. The summed E-state index contributed by atoms with van der Waals surface area (Å²) in [5.41, 5.74) is 7.86. The summed E-state index contributed by atoms with van der Waals surface area (Å²) in [6, 6.07) is 3.65. The molecule has 4 nitrogen and oxygen atoms in total. The van der Waals surface area contributed by atoms with E-state index in [1.165, 1.54) is 6.42 Å². The van der Waals surface area contributed by atoms with Gasteiger partial charge in [0.15, 0.2) is 0 Å². The summed E-state index contributed by atoms with van der Waals surface area (Å²) in [4.78, 5) is 0.378. The third-order valence-electron chi connectivity index (χ3n) is 4.70. The third-order valence-corrected chi connectivity index (χ3v) is 6.91. The lowest BCUT2D eigenvalue weighted by atomic mass is 9.87. The maximum absolute atomic E-state index is 13.0. The van der Waals surface area contributed by atoms with E-state index in [9.17, 15) is 8.42 Å². The first kappa shape index (κ1) is 16.3. The van der Waals surface area contributed by atoms with E-state index < -0.39 is 10.0 Å². The van der Waals surface area contributed by atoms with E-state index >= 15 is 0 Å². The van der Waals surface area contributed by atoms with Crippen molar-refractivity contribution in [2.45, 2.75) is 57.4 Å². The summed E-state index contributed by atoms with van der Waals surface area (Å²) < 4.78 is 27.6. The van der Waals surface area contributed by atoms with Crippen LogP contribution < -0.4 is 5.73 Å². The molecule has 1 aromatic carbocycles. The van der Waals surface area contributed by atoms with Crippen LogP contribution in [0.4, 0.5) is 5.69 Å². The number of aryl methyl sites for hydroxylation is 1. The van der Waals surface area contributed by atoms with Gasteiger partial charge in [0.1, 0.15) is 0 Å². The van der Waals surface area contributed by atoms with Crippen LogP contribution in [0.2, 0.25) is 0 Å². The summed E-state index contributed by atoms with van der Waals surface area (Å²) in [5, 5.41) is 0. The van der Waals surface area contributed by atoms with Crippen LogP contribution in [0.25, 0.3) is 0 Å². The van der Waals surface area contributed by atoms with Crippen LogP contribution in [0.15, 0.2) is 17.0 Å². The van der Waals surface area contributed by atoms with Crippen molar-refractivity contribution in [3.8, 4) is 0 Å². The van der Waals surface area contributed by atoms with Crippen LogP contribution in [0.5, 0.6) is 0 Å². The number of sulfonamides is 1. The molecule has 2 N–H and O–H groups in total. The minimum atomic E-state index is -3.49. The minimum absolute atomic E-state index is 0.0963. The minimum Gasteiger partial charge on any atom is -0.398 e. The van der Waals surface area contributed by atoms with Gasteiger partial charge in [0, 0.05) is 18.8 Å². The van der Waals surface area contributed by atoms with Gasteiger partial charge in [-0.05, 0) is 49.8 Å². The molecule has 0 saturated heterocycles. The summed E-state index contributed by atoms with van der Waals surface area (Å²) in [7, 11) is -1.78. The van der Waals surface area contributed by atoms with E-state index in [1.54, 1.807) is 30.4 Å². The Bertz CT molecular complexity index is 625. The first-order chi connectivity index (χ1) is 9.75. The number of nitrogens with two attached hydrogens (primary N) is 1. The van der Waals surface area contributed by atoms with E-state index in [1.807, 2.05) is 6.92 Å². The van der Waals surface area contributed by atoms with E-state index in [-0.39, 0.29) is 6.04 Å². The zero-order valence-electron chi connectivity index (χ0n) is 13.4. The average Bonchev–Trinajstić information content (AvgIpc) is 2.42. The molecule has 1 saturated carbocycles. The van der Waals surface area contributed by atoms with E-state index in [0.29, 0.717) is 22.1 Å². The van der Waals surface area contributed by atoms with E-state index in [4.69, 9.17) is 5.73 Å². The molecular weight excluding hydrogens is 284 g/mol. The molecule has 1 aliphatic rings. The Morgan fingerprint density at radius 2 is 1.90 bits per heavy atom. The Hall–Kier alpha value is -1.07. The molecule has 21 heavy (non-hydrogen) atoms. The molecule has 2 unspecified atom stereocenters. The molecule has 0 radical (unpaired) electrons. The molecule has 0 heterocycles. The second kappa shape index (κ2) is 5.97. The number of rotatable bonds is 3. The molecular formula is C16H26N2O2S. The summed E-state index contributed by atoms with van der Waals surface area (Å²) >= 11 is 0. The predicted octanol–water partition coefficient (Wildman–Crippen LogP) is 3.08. The Morgan fingerprint density at radius 3 is 2.52 bits per heavy atom. The van der Waals surface area contributed by atoms with Crippen molar-refractivity contribution in [2.75, 3.05) is 12.8 Å². The molecule has 1 aromatic rings. The number of anilines is 1. The smallest absolute Gasteiger partial charge is 0.243 e. The summed E-state index contributed by atoms with van der Waals surface area (Å²) in [5.74, 6) is 0.587. The highest BCUT2D eigenvalue weighted by molar-refractivity contribution is 7.89. The molecule has 118 valence electrons. The zero-order chi connectivity index (χ0) is 15.8. The lowest BCUT2D eigenvalue weighted by molar-refractivity contribution is 0.239. The average molecular weight is 310 g/mol. The van der Waals surface area contributed by atoms with Crippen LogP contribution in [-0.4, -0.2) is 25.8 Å². The fraction of sp³-hybridized carbons (Fsp3) is 0.625. The van der Waals surface area contributed by atoms with Crippen molar-refractivity contribution in [1.29, 1.82) is 0 Å². The summed E-state index contributed by atoms with van der Waals surface area (Å²) in [6.45, 7) is 5.81. The zero-order valence-corrected chi connectivity index (χ0v) is 14.2. The summed E-state index contributed by atoms with van der Waals surface area (Å²) in [6.07, 6.45) is 4.18. The van der Waals surface area contributed by atoms with Crippen molar-refractivity contribution < 1.29 is 8.42 Å².